The average molecular weight is 305 g/mol. The molecule has 0 radical (unpaired) electrons. The van der Waals surface area contributed by atoms with Crippen molar-refractivity contribution in [2.24, 2.45) is 0 Å². The van der Waals surface area contributed by atoms with Crippen LogP contribution in [0.15, 0.2) is 18.3 Å². The molecule has 2 rings (SSSR count). The first-order chi connectivity index (χ1) is 9.83. The van der Waals surface area contributed by atoms with E-state index in [9.17, 15) is 22.4 Å². The third-order valence-corrected chi connectivity index (χ3v) is 2.81. The third-order valence-electron chi connectivity index (χ3n) is 2.81. The Hall–Kier alpha value is -2.09. The second-order valence-electron chi connectivity index (χ2n) is 4.21. The molecule has 0 bridgehead atoms. The summed E-state index contributed by atoms with van der Waals surface area (Å²) in [5.74, 6) is -1.87. The molecule has 1 heterocycles. The number of rotatable bonds is 5. The molecule has 2 aromatic rings. The van der Waals surface area contributed by atoms with Crippen molar-refractivity contribution in [2.45, 2.75) is 12.8 Å². The van der Waals surface area contributed by atoms with E-state index in [4.69, 9.17) is 4.74 Å². The summed E-state index contributed by atoms with van der Waals surface area (Å²) < 4.78 is 59.4. The molecule has 0 aliphatic rings. The van der Waals surface area contributed by atoms with E-state index in [1.54, 1.807) is 0 Å². The van der Waals surface area contributed by atoms with Gasteiger partial charge in [0.15, 0.2) is 5.78 Å². The van der Waals surface area contributed by atoms with Crippen LogP contribution in [0.25, 0.3) is 10.9 Å². The molecule has 0 unspecified atom stereocenters. The monoisotopic (exact) mass is 305 g/mol. The van der Waals surface area contributed by atoms with E-state index < -0.39 is 23.7 Å². The minimum Gasteiger partial charge on any atom is -0.405 e. The fraction of sp³-hybridized carbons (Fsp3) is 0.308. The van der Waals surface area contributed by atoms with Crippen molar-refractivity contribution in [1.82, 2.24) is 4.98 Å². The number of aromatic amines is 1. The molecule has 0 fully saturated rings. The van der Waals surface area contributed by atoms with E-state index in [-0.39, 0.29) is 29.5 Å². The number of methoxy groups -OCH3 is 1. The number of carbonyl (C=O) groups is 1. The van der Waals surface area contributed by atoms with Gasteiger partial charge in [-0.3, -0.25) is 4.79 Å². The standard InChI is InChI=1S/C13H11F4NO3/c1-20-5-4-9(19)7-6-18-12-8(14)2-3-10(11(7)12)21-13(15,16)17/h2-3,6,18H,4-5H2,1H3. The average Bonchev–Trinajstić information content (AvgIpc) is 2.84. The Morgan fingerprint density at radius 2 is 2.05 bits per heavy atom. The first-order valence-corrected chi connectivity index (χ1v) is 5.91. The van der Waals surface area contributed by atoms with E-state index in [0.717, 1.165) is 18.3 Å². The molecule has 0 aliphatic heterocycles. The highest BCUT2D eigenvalue weighted by atomic mass is 19.4. The lowest BCUT2D eigenvalue weighted by Gasteiger charge is -2.11. The van der Waals surface area contributed by atoms with Crippen LogP contribution in [0, 0.1) is 5.82 Å². The maximum absolute atomic E-state index is 13.6. The fourth-order valence-electron chi connectivity index (χ4n) is 1.94. The predicted molar refractivity (Wildman–Crippen MR) is 65.8 cm³/mol. The van der Waals surface area contributed by atoms with E-state index in [2.05, 4.69) is 9.72 Å². The molecule has 1 N–H and O–H groups in total. The predicted octanol–water partition coefficient (Wildman–Crippen LogP) is 3.42. The molecule has 0 saturated heterocycles. The van der Waals surface area contributed by atoms with Gasteiger partial charge in [0, 0.05) is 25.3 Å². The number of nitrogens with one attached hydrogen (secondary N) is 1. The van der Waals surface area contributed by atoms with Gasteiger partial charge in [0.1, 0.15) is 11.6 Å². The number of benzene rings is 1. The topological polar surface area (TPSA) is 51.3 Å². The van der Waals surface area contributed by atoms with Gasteiger partial charge in [-0.05, 0) is 12.1 Å². The van der Waals surface area contributed by atoms with Crippen molar-refractivity contribution in [1.29, 1.82) is 0 Å². The first-order valence-electron chi connectivity index (χ1n) is 5.91. The van der Waals surface area contributed by atoms with E-state index in [1.807, 2.05) is 0 Å². The van der Waals surface area contributed by atoms with Gasteiger partial charge in [-0.1, -0.05) is 0 Å². The highest BCUT2D eigenvalue weighted by molar-refractivity contribution is 6.10. The molecule has 0 saturated carbocycles. The largest absolute Gasteiger partial charge is 0.573 e. The van der Waals surface area contributed by atoms with Crippen LogP contribution in [0.2, 0.25) is 0 Å². The van der Waals surface area contributed by atoms with Crippen molar-refractivity contribution in [2.75, 3.05) is 13.7 Å². The number of hydrogen-bond acceptors (Lipinski definition) is 3. The summed E-state index contributed by atoms with van der Waals surface area (Å²) in [7, 11) is 1.39. The van der Waals surface area contributed by atoms with Crippen LogP contribution in [0.5, 0.6) is 5.75 Å². The summed E-state index contributed by atoms with van der Waals surface area (Å²) in [6, 6.07) is 1.68. The molecule has 0 spiro atoms. The minimum atomic E-state index is -4.94. The first kappa shape index (κ1) is 15.3. The van der Waals surface area contributed by atoms with Crippen molar-refractivity contribution >= 4 is 16.7 Å². The zero-order chi connectivity index (χ0) is 15.6. The van der Waals surface area contributed by atoms with Crippen LogP contribution in [-0.2, 0) is 4.74 Å². The molecule has 4 nitrogen and oxygen atoms in total. The number of alkyl halides is 3. The van der Waals surface area contributed by atoms with Gasteiger partial charge in [0.25, 0.3) is 0 Å². The number of ether oxygens (including phenoxy) is 2. The molecule has 21 heavy (non-hydrogen) atoms. The van der Waals surface area contributed by atoms with Crippen molar-refractivity contribution < 1.29 is 31.8 Å². The Morgan fingerprint density at radius 1 is 1.33 bits per heavy atom. The number of ketones is 1. The van der Waals surface area contributed by atoms with Gasteiger partial charge in [-0.15, -0.1) is 13.2 Å². The molecule has 0 aliphatic carbocycles. The smallest absolute Gasteiger partial charge is 0.405 e. The molecule has 0 atom stereocenters. The highest BCUT2D eigenvalue weighted by Gasteiger charge is 2.33. The van der Waals surface area contributed by atoms with E-state index >= 15 is 0 Å². The molecule has 114 valence electrons. The van der Waals surface area contributed by atoms with Gasteiger partial charge in [0.2, 0.25) is 0 Å². The van der Waals surface area contributed by atoms with Crippen LogP contribution in [0.3, 0.4) is 0 Å². The van der Waals surface area contributed by atoms with Crippen molar-refractivity contribution in [3.8, 4) is 5.75 Å². The molecule has 1 aromatic carbocycles. The Morgan fingerprint density at radius 3 is 2.67 bits per heavy atom. The Bertz CT molecular complexity index is 663. The fourth-order valence-corrected chi connectivity index (χ4v) is 1.94. The van der Waals surface area contributed by atoms with Gasteiger partial charge >= 0.3 is 6.36 Å². The number of H-pyrrole nitrogens is 1. The summed E-state index contributed by atoms with van der Waals surface area (Å²) in [4.78, 5) is 14.4. The van der Waals surface area contributed by atoms with Gasteiger partial charge in [-0.25, -0.2) is 4.39 Å². The summed E-state index contributed by atoms with van der Waals surface area (Å²) >= 11 is 0. The Kier molecular flexibility index (Phi) is 4.17. The summed E-state index contributed by atoms with van der Waals surface area (Å²) in [6.07, 6.45) is -3.81. The zero-order valence-electron chi connectivity index (χ0n) is 10.9. The Labute approximate surface area is 116 Å². The maximum atomic E-state index is 13.6. The molecule has 8 heteroatoms. The number of Topliss-reactive ketones (excluding diaryl/α,β-unsaturated/α-hetero) is 1. The number of halogens is 4. The van der Waals surface area contributed by atoms with Gasteiger partial charge in [-0.2, -0.15) is 0 Å². The van der Waals surface area contributed by atoms with Gasteiger partial charge in [0.05, 0.1) is 17.5 Å². The SMILES string of the molecule is COCCC(=O)c1c[nH]c2c(F)ccc(OC(F)(F)F)c12. The normalized spacial score (nSPS) is 11.9. The lowest BCUT2D eigenvalue weighted by atomic mass is 10.1. The second-order valence-corrected chi connectivity index (χ2v) is 4.21. The van der Waals surface area contributed by atoms with Crippen LogP contribution in [0.1, 0.15) is 16.8 Å². The number of fused-ring (bicyclic) bond motifs is 1. The Balaban J connectivity index is 2.52. The maximum Gasteiger partial charge on any atom is 0.573 e. The summed E-state index contributed by atoms with van der Waals surface area (Å²) in [5, 5.41) is -0.228. The zero-order valence-corrected chi connectivity index (χ0v) is 10.9. The van der Waals surface area contributed by atoms with Crippen LogP contribution < -0.4 is 4.74 Å². The van der Waals surface area contributed by atoms with Crippen molar-refractivity contribution in [3.05, 3.63) is 29.7 Å². The number of carbonyl (C=O) groups excluding carboxylic acids is 1. The minimum absolute atomic E-state index is 0.0363. The quantitative estimate of drug-likeness (QED) is 0.680. The van der Waals surface area contributed by atoms with E-state index in [0.29, 0.717) is 0 Å². The highest BCUT2D eigenvalue weighted by Crippen LogP contribution is 2.34. The lowest BCUT2D eigenvalue weighted by Crippen LogP contribution is -2.17. The van der Waals surface area contributed by atoms with E-state index in [1.165, 1.54) is 7.11 Å². The summed E-state index contributed by atoms with van der Waals surface area (Å²) in [6.45, 7) is 0.107. The van der Waals surface area contributed by atoms with Crippen LogP contribution >= 0.6 is 0 Å². The lowest BCUT2D eigenvalue weighted by molar-refractivity contribution is -0.274. The third kappa shape index (κ3) is 3.33. The molecular formula is C13H11F4NO3. The van der Waals surface area contributed by atoms with Crippen LogP contribution in [0.4, 0.5) is 17.6 Å². The van der Waals surface area contributed by atoms with Crippen molar-refractivity contribution in [3.63, 3.8) is 0 Å². The molecule has 0 amide bonds. The number of aromatic nitrogens is 1. The van der Waals surface area contributed by atoms with Crippen LogP contribution in [-0.4, -0.2) is 30.8 Å². The van der Waals surface area contributed by atoms with Gasteiger partial charge < -0.3 is 14.5 Å². The summed E-state index contributed by atoms with van der Waals surface area (Å²) in [5.41, 5.74) is -0.279. The molecular weight excluding hydrogens is 294 g/mol. The molecule has 1 aromatic heterocycles. The number of hydrogen-bond donors (Lipinski definition) is 1. The second kappa shape index (κ2) is 5.72.